The monoisotopic (exact) mass is 414 g/mol. The number of benzene rings is 1. The third-order valence-corrected chi connectivity index (χ3v) is 7.28. The molecule has 0 aromatic heterocycles. The van der Waals surface area contributed by atoms with Gasteiger partial charge in [-0.3, -0.25) is 9.59 Å². The lowest BCUT2D eigenvalue weighted by Crippen LogP contribution is -2.48. The van der Waals surface area contributed by atoms with Gasteiger partial charge in [-0.1, -0.05) is 6.07 Å². The predicted octanol–water partition coefficient (Wildman–Crippen LogP) is 3.09. The van der Waals surface area contributed by atoms with Crippen molar-refractivity contribution in [2.45, 2.75) is 51.4 Å². The van der Waals surface area contributed by atoms with Gasteiger partial charge in [0.15, 0.2) is 11.5 Å². The molecule has 0 radical (unpaired) electrons. The van der Waals surface area contributed by atoms with E-state index in [1.165, 1.54) is 38.5 Å². The van der Waals surface area contributed by atoms with E-state index >= 15 is 0 Å². The smallest absolute Gasteiger partial charge is 0.224 e. The Morgan fingerprint density at radius 3 is 2.03 bits per heavy atom. The second-order valence-corrected chi connectivity index (χ2v) is 9.66. The number of carbonyl (C=O) groups excluding carboxylic acids is 2. The SMILES string of the molecule is COc1ccc(CC(=O)NCCNC(=O)CC23CC4CC(CC(C4)C2)C3)cc1OC. The first-order chi connectivity index (χ1) is 14.5. The fourth-order valence-corrected chi connectivity index (χ4v) is 6.55. The molecule has 1 aromatic rings. The summed E-state index contributed by atoms with van der Waals surface area (Å²) in [6.45, 7) is 0.918. The zero-order valence-corrected chi connectivity index (χ0v) is 18.2. The summed E-state index contributed by atoms with van der Waals surface area (Å²) in [5, 5.41) is 5.91. The fraction of sp³-hybridized carbons (Fsp3) is 0.667. The Kier molecular flexibility index (Phi) is 6.21. The molecule has 5 rings (SSSR count). The minimum atomic E-state index is -0.0717. The van der Waals surface area contributed by atoms with Crippen molar-refractivity contribution in [1.82, 2.24) is 10.6 Å². The molecule has 164 valence electrons. The lowest BCUT2D eigenvalue weighted by Gasteiger charge is -2.56. The molecule has 6 nitrogen and oxygen atoms in total. The van der Waals surface area contributed by atoms with Gasteiger partial charge in [-0.15, -0.1) is 0 Å². The van der Waals surface area contributed by atoms with Gasteiger partial charge in [0.2, 0.25) is 11.8 Å². The highest BCUT2D eigenvalue weighted by Gasteiger charge is 2.51. The maximum atomic E-state index is 12.5. The van der Waals surface area contributed by atoms with Crippen LogP contribution >= 0.6 is 0 Å². The van der Waals surface area contributed by atoms with Gasteiger partial charge in [-0.25, -0.2) is 0 Å². The lowest BCUT2D eigenvalue weighted by molar-refractivity contribution is -0.129. The van der Waals surface area contributed by atoms with Crippen LogP contribution in [0, 0.1) is 23.2 Å². The molecule has 4 saturated carbocycles. The number of ether oxygens (including phenoxy) is 2. The van der Waals surface area contributed by atoms with E-state index in [1.807, 2.05) is 12.1 Å². The van der Waals surface area contributed by atoms with Crippen LogP contribution in [0.15, 0.2) is 18.2 Å². The molecule has 4 fully saturated rings. The second kappa shape index (κ2) is 8.86. The number of amides is 2. The molecule has 2 amide bonds. The number of methoxy groups -OCH3 is 2. The first kappa shape index (κ1) is 21.0. The maximum Gasteiger partial charge on any atom is 0.224 e. The summed E-state index contributed by atoms with van der Waals surface area (Å²) in [4.78, 5) is 24.8. The first-order valence-electron chi connectivity index (χ1n) is 11.2. The van der Waals surface area contributed by atoms with Gasteiger partial charge in [-0.2, -0.15) is 0 Å². The first-order valence-corrected chi connectivity index (χ1v) is 11.2. The van der Waals surface area contributed by atoms with Crippen molar-refractivity contribution in [3.63, 3.8) is 0 Å². The summed E-state index contributed by atoms with van der Waals surface area (Å²) in [5.74, 6) is 3.91. The summed E-state index contributed by atoms with van der Waals surface area (Å²) in [7, 11) is 3.16. The quantitative estimate of drug-likeness (QED) is 0.609. The Morgan fingerprint density at radius 1 is 0.900 bits per heavy atom. The minimum absolute atomic E-state index is 0.0717. The Labute approximate surface area is 179 Å². The van der Waals surface area contributed by atoms with Gasteiger partial charge in [0.25, 0.3) is 0 Å². The number of hydrogen-bond acceptors (Lipinski definition) is 4. The zero-order valence-electron chi connectivity index (χ0n) is 18.2. The van der Waals surface area contributed by atoms with Crippen LogP contribution in [0.25, 0.3) is 0 Å². The molecule has 4 aliphatic carbocycles. The van der Waals surface area contributed by atoms with Crippen molar-refractivity contribution in [2.24, 2.45) is 23.2 Å². The molecule has 2 N–H and O–H groups in total. The van der Waals surface area contributed by atoms with Gasteiger partial charge >= 0.3 is 0 Å². The van der Waals surface area contributed by atoms with Crippen molar-refractivity contribution in [1.29, 1.82) is 0 Å². The minimum Gasteiger partial charge on any atom is -0.493 e. The topological polar surface area (TPSA) is 76.7 Å². The molecule has 0 saturated heterocycles. The van der Waals surface area contributed by atoms with E-state index in [-0.39, 0.29) is 23.7 Å². The van der Waals surface area contributed by atoms with Crippen LogP contribution < -0.4 is 20.1 Å². The van der Waals surface area contributed by atoms with Crippen LogP contribution in [0.2, 0.25) is 0 Å². The maximum absolute atomic E-state index is 12.5. The summed E-state index contributed by atoms with van der Waals surface area (Å²) >= 11 is 0. The van der Waals surface area contributed by atoms with Gasteiger partial charge in [0.05, 0.1) is 20.6 Å². The van der Waals surface area contributed by atoms with Crippen LogP contribution in [0.3, 0.4) is 0 Å². The number of hydrogen-bond donors (Lipinski definition) is 2. The second-order valence-electron chi connectivity index (χ2n) is 9.66. The molecule has 4 aliphatic rings. The van der Waals surface area contributed by atoms with E-state index in [4.69, 9.17) is 9.47 Å². The van der Waals surface area contributed by atoms with Crippen LogP contribution in [0.5, 0.6) is 11.5 Å². The van der Waals surface area contributed by atoms with Crippen molar-refractivity contribution in [3.05, 3.63) is 23.8 Å². The van der Waals surface area contributed by atoms with Crippen LogP contribution in [-0.4, -0.2) is 39.1 Å². The molecule has 1 aromatic carbocycles. The van der Waals surface area contributed by atoms with Crippen molar-refractivity contribution in [2.75, 3.05) is 27.3 Å². The molecule has 0 aliphatic heterocycles. The van der Waals surface area contributed by atoms with Crippen LogP contribution in [-0.2, 0) is 16.0 Å². The van der Waals surface area contributed by atoms with Gasteiger partial charge in [0.1, 0.15) is 0 Å². The molecule has 0 spiro atoms. The molecule has 0 atom stereocenters. The molecular formula is C24H34N2O4. The van der Waals surface area contributed by atoms with E-state index in [2.05, 4.69) is 10.6 Å². The average molecular weight is 415 g/mol. The van der Waals surface area contributed by atoms with Crippen molar-refractivity contribution < 1.29 is 19.1 Å². The molecule has 0 unspecified atom stereocenters. The third kappa shape index (κ3) is 4.73. The predicted molar refractivity (Wildman–Crippen MR) is 114 cm³/mol. The molecule has 30 heavy (non-hydrogen) atoms. The van der Waals surface area contributed by atoms with E-state index in [0.29, 0.717) is 31.0 Å². The molecular weight excluding hydrogens is 380 g/mol. The van der Waals surface area contributed by atoms with E-state index < -0.39 is 0 Å². The largest absolute Gasteiger partial charge is 0.493 e. The Morgan fingerprint density at radius 2 is 1.47 bits per heavy atom. The number of nitrogens with one attached hydrogen (secondary N) is 2. The highest BCUT2D eigenvalue weighted by atomic mass is 16.5. The van der Waals surface area contributed by atoms with Gasteiger partial charge in [0, 0.05) is 19.5 Å². The average Bonchev–Trinajstić information content (AvgIpc) is 2.69. The van der Waals surface area contributed by atoms with E-state index in [9.17, 15) is 9.59 Å². The number of carbonyl (C=O) groups is 2. The van der Waals surface area contributed by atoms with Crippen molar-refractivity contribution in [3.8, 4) is 11.5 Å². The zero-order chi connectivity index (χ0) is 21.1. The van der Waals surface area contributed by atoms with Crippen LogP contribution in [0.1, 0.15) is 50.5 Å². The van der Waals surface area contributed by atoms with Crippen molar-refractivity contribution >= 4 is 11.8 Å². The molecule has 0 heterocycles. The van der Waals surface area contributed by atoms with Gasteiger partial charge in [-0.05, 0) is 79.4 Å². The summed E-state index contributed by atoms with van der Waals surface area (Å²) in [5.41, 5.74) is 1.12. The normalized spacial score (nSPS) is 28.8. The highest BCUT2D eigenvalue weighted by molar-refractivity contribution is 5.79. The Bertz CT molecular complexity index is 756. The highest BCUT2D eigenvalue weighted by Crippen LogP contribution is 2.61. The number of rotatable bonds is 9. The van der Waals surface area contributed by atoms with Crippen LogP contribution in [0.4, 0.5) is 0 Å². The Hall–Kier alpha value is -2.24. The lowest BCUT2D eigenvalue weighted by atomic mass is 9.49. The summed E-state index contributed by atoms with van der Waals surface area (Å²) in [6, 6.07) is 5.46. The summed E-state index contributed by atoms with van der Waals surface area (Å²) < 4.78 is 10.5. The molecule has 6 heteroatoms. The fourth-order valence-electron chi connectivity index (χ4n) is 6.55. The van der Waals surface area contributed by atoms with Gasteiger partial charge < -0.3 is 20.1 Å². The standard InChI is InChI=1S/C24H34N2O4/c1-29-20-4-3-16(10-21(20)30-2)11-22(27)25-5-6-26-23(28)15-24-12-17-7-18(13-24)9-19(8-17)14-24/h3-4,10,17-19H,5-9,11-15H2,1-2H3,(H,25,27)(H,26,28). The Balaban J connectivity index is 1.17. The van der Waals surface area contributed by atoms with E-state index in [0.717, 1.165) is 23.3 Å². The van der Waals surface area contributed by atoms with E-state index in [1.54, 1.807) is 20.3 Å². The summed E-state index contributed by atoms with van der Waals surface area (Å²) in [6.07, 6.45) is 8.85. The third-order valence-electron chi connectivity index (χ3n) is 7.28. The molecule has 4 bridgehead atoms.